The number of methoxy groups -OCH3 is 1. The smallest absolute Gasteiger partial charge is 0.309 e. The molecule has 0 aromatic heterocycles. The number of anilines is 1. The van der Waals surface area contributed by atoms with Gasteiger partial charge < -0.3 is 24.6 Å². The van der Waals surface area contributed by atoms with Crippen LogP contribution in [0.3, 0.4) is 0 Å². The van der Waals surface area contributed by atoms with E-state index in [1.165, 1.54) is 5.69 Å². The van der Waals surface area contributed by atoms with Crippen LogP contribution in [0.4, 0.5) is 5.69 Å². The van der Waals surface area contributed by atoms with E-state index in [9.17, 15) is 4.79 Å². The van der Waals surface area contributed by atoms with Crippen molar-refractivity contribution >= 4 is 41.6 Å². The number of guanidine groups is 1. The summed E-state index contributed by atoms with van der Waals surface area (Å²) in [5, 5.41) is 3.43. The lowest BCUT2D eigenvalue weighted by Crippen LogP contribution is -2.47. The number of halogens is 1. The number of carbonyl (C=O) groups excluding carboxylic acids is 1. The van der Waals surface area contributed by atoms with E-state index in [1.54, 1.807) is 7.11 Å². The van der Waals surface area contributed by atoms with Crippen molar-refractivity contribution in [3.8, 4) is 5.75 Å². The first-order chi connectivity index (χ1) is 14.7. The van der Waals surface area contributed by atoms with Crippen molar-refractivity contribution in [1.82, 2.24) is 10.2 Å². The van der Waals surface area contributed by atoms with Gasteiger partial charge in [0.1, 0.15) is 5.75 Å². The molecule has 0 aliphatic carbocycles. The van der Waals surface area contributed by atoms with E-state index in [2.05, 4.69) is 34.2 Å². The molecule has 0 spiro atoms. The number of nitrogens with zero attached hydrogens (tertiary/aromatic N) is 3. The van der Waals surface area contributed by atoms with Crippen LogP contribution in [0.1, 0.15) is 33.1 Å². The number of ether oxygens (including phenoxy) is 2. The lowest BCUT2D eigenvalue weighted by Gasteiger charge is -2.33. The minimum atomic E-state index is -0.0542. The van der Waals surface area contributed by atoms with Gasteiger partial charge in [0.15, 0.2) is 5.96 Å². The van der Waals surface area contributed by atoms with Gasteiger partial charge in [0.05, 0.1) is 25.3 Å². The minimum absolute atomic E-state index is 0. The van der Waals surface area contributed by atoms with Crippen LogP contribution in [0, 0.1) is 11.8 Å². The van der Waals surface area contributed by atoms with Gasteiger partial charge in [0.25, 0.3) is 0 Å². The molecule has 0 saturated carbocycles. The lowest BCUT2D eigenvalue weighted by molar-refractivity contribution is -0.149. The Morgan fingerprint density at radius 3 is 2.58 bits per heavy atom. The Kier molecular flexibility index (Phi) is 10.7. The normalized spacial score (nSPS) is 19.7. The number of para-hydroxylation sites is 2. The number of nitrogens with one attached hydrogen (secondary N) is 1. The molecule has 1 unspecified atom stereocenters. The fourth-order valence-electron chi connectivity index (χ4n) is 4.32. The molecule has 7 nitrogen and oxygen atoms in total. The highest BCUT2D eigenvalue weighted by Gasteiger charge is 2.28. The zero-order valence-corrected chi connectivity index (χ0v) is 21.3. The largest absolute Gasteiger partial charge is 0.495 e. The number of piperidine rings is 1. The van der Waals surface area contributed by atoms with E-state index in [0.717, 1.165) is 70.2 Å². The van der Waals surface area contributed by atoms with Crippen molar-refractivity contribution in [2.75, 3.05) is 57.9 Å². The molecule has 0 radical (unpaired) electrons. The summed E-state index contributed by atoms with van der Waals surface area (Å²) < 4.78 is 10.7. The number of rotatable bonds is 7. The van der Waals surface area contributed by atoms with Gasteiger partial charge in [0, 0.05) is 39.3 Å². The zero-order chi connectivity index (χ0) is 21.3. The first-order valence-corrected chi connectivity index (χ1v) is 11.2. The highest BCUT2D eigenvalue weighted by Crippen LogP contribution is 2.32. The van der Waals surface area contributed by atoms with Crippen molar-refractivity contribution in [2.45, 2.75) is 33.1 Å². The number of esters is 1. The molecule has 1 aromatic carbocycles. The molecule has 31 heavy (non-hydrogen) atoms. The summed E-state index contributed by atoms with van der Waals surface area (Å²) in [7, 11) is 1.73. The van der Waals surface area contributed by atoms with E-state index in [0.29, 0.717) is 12.5 Å². The second-order valence-electron chi connectivity index (χ2n) is 7.98. The Morgan fingerprint density at radius 2 is 1.90 bits per heavy atom. The maximum atomic E-state index is 12.0. The van der Waals surface area contributed by atoms with Gasteiger partial charge in [-0.2, -0.15) is 0 Å². The third kappa shape index (κ3) is 6.89. The topological polar surface area (TPSA) is 66.4 Å². The molecule has 0 bridgehead atoms. The predicted octanol–water partition coefficient (Wildman–Crippen LogP) is 3.38. The van der Waals surface area contributed by atoms with E-state index in [1.807, 2.05) is 19.1 Å². The summed E-state index contributed by atoms with van der Waals surface area (Å²) >= 11 is 0. The number of hydrogen-bond acceptors (Lipinski definition) is 5. The van der Waals surface area contributed by atoms with Crippen molar-refractivity contribution in [3.63, 3.8) is 0 Å². The van der Waals surface area contributed by atoms with Crippen LogP contribution in [0.15, 0.2) is 29.3 Å². The molecule has 2 fully saturated rings. The molecule has 3 rings (SSSR count). The molecule has 1 atom stereocenters. The molecule has 0 amide bonds. The van der Waals surface area contributed by atoms with E-state index < -0.39 is 0 Å². The Labute approximate surface area is 203 Å². The summed E-state index contributed by atoms with van der Waals surface area (Å²) in [5.41, 5.74) is 1.17. The minimum Gasteiger partial charge on any atom is -0.495 e. The first kappa shape index (κ1) is 25.5. The van der Waals surface area contributed by atoms with Gasteiger partial charge in [-0.1, -0.05) is 12.1 Å². The fourth-order valence-corrected chi connectivity index (χ4v) is 4.32. The van der Waals surface area contributed by atoms with Crippen LogP contribution in [-0.4, -0.2) is 69.8 Å². The number of hydrogen-bond donors (Lipinski definition) is 1. The highest BCUT2D eigenvalue weighted by atomic mass is 127. The molecule has 1 N–H and O–H groups in total. The predicted molar refractivity (Wildman–Crippen MR) is 136 cm³/mol. The van der Waals surface area contributed by atoms with Gasteiger partial charge in [-0.3, -0.25) is 9.79 Å². The number of benzene rings is 1. The summed E-state index contributed by atoms with van der Waals surface area (Å²) in [6.07, 6.45) is 2.79. The maximum absolute atomic E-state index is 12.0. The number of aliphatic imine (C=N–C) groups is 1. The Morgan fingerprint density at radius 1 is 1.16 bits per heavy atom. The molecule has 174 valence electrons. The number of likely N-dealkylation sites (tertiary alicyclic amines) is 1. The first-order valence-electron chi connectivity index (χ1n) is 11.2. The third-order valence-corrected chi connectivity index (χ3v) is 5.96. The summed E-state index contributed by atoms with van der Waals surface area (Å²) in [4.78, 5) is 21.6. The molecule has 2 heterocycles. The molecule has 2 aliphatic heterocycles. The Balaban J connectivity index is 0.00000341. The molecule has 1 aromatic rings. The third-order valence-electron chi connectivity index (χ3n) is 5.96. The van der Waals surface area contributed by atoms with Gasteiger partial charge in [-0.25, -0.2) is 0 Å². The van der Waals surface area contributed by atoms with E-state index in [-0.39, 0.29) is 35.9 Å². The second-order valence-corrected chi connectivity index (χ2v) is 7.98. The summed E-state index contributed by atoms with van der Waals surface area (Å²) in [5.74, 6) is 2.39. The lowest BCUT2D eigenvalue weighted by atomic mass is 9.97. The van der Waals surface area contributed by atoms with E-state index in [4.69, 9.17) is 14.5 Å². The monoisotopic (exact) mass is 544 g/mol. The van der Waals surface area contributed by atoms with Crippen LogP contribution in [-0.2, 0) is 9.53 Å². The van der Waals surface area contributed by atoms with Crippen LogP contribution >= 0.6 is 24.0 Å². The molecular formula is C23H37IN4O3. The van der Waals surface area contributed by atoms with Crippen molar-refractivity contribution in [1.29, 1.82) is 0 Å². The molecule has 8 heteroatoms. The van der Waals surface area contributed by atoms with Gasteiger partial charge in [-0.05, 0) is 51.2 Å². The quantitative estimate of drug-likeness (QED) is 0.246. The fraction of sp³-hybridized carbons (Fsp3) is 0.652. The molecular weight excluding hydrogens is 507 g/mol. The standard InChI is InChI=1S/C23H36N4O3.HI/c1-4-24-23(26-14-11-19(12-15-26)22(28)30-5-2)25-16-18-10-13-27(17-18)20-8-6-7-9-21(20)29-3;/h6-9,18-19H,4-5,10-17H2,1-3H3,(H,24,25);1H. The number of carbonyl (C=O) groups is 1. The molecule has 2 saturated heterocycles. The SMILES string of the molecule is CCNC(=NCC1CCN(c2ccccc2OC)C1)N1CCC(C(=O)OCC)CC1.I. The van der Waals surface area contributed by atoms with Crippen molar-refractivity contribution in [2.24, 2.45) is 16.8 Å². The van der Waals surface area contributed by atoms with E-state index >= 15 is 0 Å². The van der Waals surface area contributed by atoms with Crippen molar-refractivity contribution in [3.05, 3.63) is 24.3 Å². The van der Waals surface area contributed by atoms with Crippen LogP contribution in [0.2, 0.25) is 0 Å². The summed E-state index contributed by atoms with van der Waals surface area (Å²) in [6.45, 7) is 9.77. The Bertz CT molecular complexity index is 723. The molecule has 2 aliphatic rings. The van der Waals surface area contributed by atoms with Crippen LogP contribution in [0.5, 0.6) is 5.75 Å². The van der Waals surface area contributed by atoms with Gasteiger partial charge in [-0.15, -0.1) is 24.0 Å². The average molecular weight is 544 g/mol. The average Bonchev–Trinajstić information content (AvgIpc) is 3.25. The zero-order valence-electron chi connectivity index (χ0n) is 19.0. The van der Waals surface area contributed by atoms with Crippen molar-refractivity contribution < 1.29 is 14.3 Å². The van der Waals surface area contributed by atoms with Gasteiger partial charge >= 0.3 is 5.97 Å². The maximum Gasteiger partial charge on any atom is 0.309 e. The van der Waals surface area contributed by atoms with Crippen LogP contribution < -0.4 is 15.0 Å². The Hall–Kier alpha value is -1.71. The summed E-state index contributed by atoms with van der Waals surface area (Å²) in [6, 6.07) is 8.22. The van der Waals surface area contributed by atoms with Crippen LogP contribution in [0.25, 0.3) is 0 Å². The van der Waals surface area contributed by atoms with Gasteiger partial charge in [0.2, 0.25) is 0 Å². The second kappa shape index (κ2) is 13.0. The highest BCUT2D eigenvalue weighted by molar-refractivity contribution is 14.0.